The first-order valence-electron chi connectivity index (χ1n) is 13.4. The van der Waals surface area contributed by atoms with Crippen LogP contribution in [0.4, 0.5) is 10.1 Å². The summed E-state index contributed by atoms with van der Waals surface area (Å²) in [4.78, 5) is 13.2. The number of fused-ring (bicyclic) bond motifs is 1. The Labute approximate surface area is 251 Å². The topological polar surface area (TPSA) is 104 Å². The smallest absolute Gasteiger partial charge is 0.497 e. The number of nitrogens with one attached hydrogen (secondary N) is 1. The molecule has 1 aliphatic rings. The van der Waals surface area contributed by atoms with Crippen molar-refractivity contribution < 1.29 is 31.7 Å². The molecule has 1 fully saturated rings. The van der Waals surface area contributed by atoms with E-state index in [1.165, 1.54) is 35.6 Å². The minimum atomic E-state index is -2.69. The van der Waals surface area contributed by atoms with E-state index in [9.17, 15) is 17.9 Å². The molecule has 4 aromatic rings. The van der Waals surface area contributed by atoms with Gasteiger partial charge in [0.05, 0.1) is 22.5 Å². The number of hydrogen-bond donors (Lipinski definition) is 1. The standard InChI is InChI=1S/C30H31BClFN2O6S/c1-29(2)30(3,4)41-31(40-29)23-16-22-25(39-27(26(22)28(36)34-5)19-8-12-21(33)13-9-19)17-24(23)35(42(37)38)15-14-18-6-10-20(32)11-7-18/h6-13,16-17H,14-15H2,1-5H3,(H,34,36)(H,37,38)/p-1. The summed E-state index contributed by atoms with van der Waals surface area (Å²) in [6, 6.07) is 16.0. The Morgan fingerprint density at radius 3 is 2.24 bits per heavy atom. The molecule has 1 N–H and O–H groups in total. The first kappa shape index (κ1) is 30.2. The molecule has 5 rings (SSSR count). The van der Waals surface area contributed by atoms with Crippen LogP contribution in [0, 0.1) is 5.82 Å². The second-order valence-corrected chi connectivity index (χ2v) is 12.4. The average molecular weight is 612 g/mol. The monoisotopic (exact) mass is 611 g/mol. The molecule has 8 nitrogen and oxygen atoms in total. The number of hydrogen-bond acceptors (Lipinski definition) is 6. The minimum absolute atomic E-state index is 0.101. The minimum Gasteiger partial charge on any atom is -0.755 e. The molecule has 1 amide bonds. The highest BCUT2D eigenvalue weighted by atomic mass is 35.5. The second kappa shape index (κ2) is 11.5. The maximum atomic E-state index is 13.7. The molecule has 1 unspecified atom stereocenters. The van der Waals surface area contributed by atoms with Crippen molar-refractivity contribution in [2.75, 3.05) is 17.9 Å². The van der Waals surface area contributed by atoms with Crippen LogP contribution in [0.15, 0.2) is 65.1 Å². The van der Waals surface area contributed by atoms with Gasteiger partial charge in [0, 0.05) is 52.4 Å². The van der Waals surface area contributed by atoms with Crippen molar-refractivity contribution in [3.8, 4) is 11.3 Å². The van der Waals surface area contributed by atoms with E-state index in [-0.39, 0.29) is 29.1 Å². The van der Waals surface area contributed by atoms with Crippen molar-refractivity contribution in [3.05, 3.63) is 82.6 Å². The zero-order valence-electron chi connectivity index (χ0n) is 23.8. The quantitative estimate of drug-likeness (QED) is 0.212. The molecule has 1 saturated heterocycles. The van der Waals surface area contributed by atoms with Crippen LogP contribution < -0.4 is 15.1 Å². The van der Waals surface area contributed by atoms with Crippen LogP contribution in [0.2, 0.25) is 5.02 Å². The molecule has 0 saturated carbocycles. The molecule has 220 valence electrons. The van der Waals surface area contributed by atoms with Gasteiger partial charge in [-0.15, -0.1) is 0 Å². The third-order valence-electron chi connectivity index (χ3n) is 7.87. The van der Waals surface area contributed by atoms with E-state index >= 15 is 0 Å². The molecule has 1 aromatic heterocycles. The maximum absolute atomic E-state index is 13.7. The Hall–Kier alpha value is -3.22. The van der Waals surface area contributed by atoms with Gasteiger partial charge in [-0.2, -0.15) is 0 Å². The number of rotatable bonds is 8. The second-order valence-electron chi connectivity index (χ2n) is 11.1. The highest BCUT2D eigenvalue weighted by molar-refractivity contribution is 7.80. The third kappa shape index (κ3) is 5.72. The van der Waals surface area contributed by atoms with Crippen LogP contribution in [-0.4, -0.2) is 46.6 Å². The predicted molar refractivity (Wildman–Crippen MR) is 162 cm³/mol. The first-order chi connectivity index (χ1) is 19.8. The van der Waals surface area contributed by atoms with Gasteiger partial charge >= 0.3 is 7.12 Å². The Kier molecular flexibility index (Phi) is 8.26. The van der Waals surface area contributed by atoms with E-state index < -0.39 is 41.3 Å². The van der Waals surface area contributed by atoms with Gasteiger partial charge in [-0.1, -0.05) is 23.7 Å². The summed E-state index contributed by atoms with van der Waals surface area (Å²) in [6.07, 6.45) is 0.397. The van der Waals surface area contributed by atoms with Gasteiger partial charge in [-0.05, 0) is 82.1 Å². The molecule has 1 aliphatic heterocycles. The van der Waals surface area contributed by atoms with Crippen molar-refractivity contribution in [3.63, 3.8) is 0 Å². The van der Waals surface area contributed by atoms with E-state index in [1.807, 2.05) is 39.8 Å². The van der Waals surface area contributed by atoms with E-state index in [0.717, 1.165) is 5.56 Å². The number of anilines is 1. The van der Waals surface area contributed by atoms with Gasteiger partial charge in [0.2, 0.25) is 0 Å². The number of benzene rings is 3. The van der Waals surface area contributed by atoms with Crippen LogP contribution in [-0.2, 0) is 27.0 Å². The Morgan fingerprint density at radius 2 is 1.67 bits per heavy atom. The fourth-order valence-corrected chi connectivity index (χ4v) is 5.52. The van der Waals surface area contributed by atoms with Crippen molar-refractivity contribution in [1.82, 2.24) is 5.32 Å². The van der Waals surface area contributed by atoms with Crippen LogP contribution in [0.25, 0.3) is 22.3 Å². The summed E-state index contributed by atoms with van der Waals surface area (Å²) in [5.41, 5.74) is 1.14. The van der Waals surface area contributed by atoms with Crippen molar-refractivity contribution in [1.29, 1.82) is 0 Å². The number of carbonyl (C=O) groups is 1. The van der Waals surface area contributed by atoms with E-state index in [4.69, 9.17) is 25.3 Å². The fourth-order valence-electron chi connectivity index (χ4n) is 4.84. The number of amides is 1. The SMILES string of the molecule is CNC(=O)c1c(-c2ccc(F)cc2)oc2cc(N(CCc3ccc(Cl)cc3)S(=O)[O-])c(B3OC(C)(C)C(C)(C)O3)cc12. The normalized spacial score (nSPS) is 16.5. The van der Waals surface area contributed by atoms with Gasteiger partial charge in [0.1, 0.15) is 17.2 Å². The molecular weight excluding hydrogens is 582 g/mol. The largest absolute Gasteiger partial charge is 0.755 e. The zero-order valence-corrected chi connectivity index (χ0v) is 25.4. The van der Waals surface area contributed by atoms with E-state index in [0.29, 0.717) is 27.9 Å². The molecule has 12 heteroatoms. The number of furan rings is 1. The molecule has 0 radical (unpaired) electrons. The molecule has 0 bridgehead atoms. The van der Waals surface area contributed by atoms with Gasteiger partial charge in [-0.3, -0.25) is 9.00 Å². The van der Waals surface area contributed by atoms with Gasteiger partial charge in [0.25, 0.3) is 5.91 Å². The van der Waals surface area contributed by atoms with Gasteiger partial charge in [0.15, 0.2) is 0 Å². The van der Waals surface area contributed by atoms with Crippen molar-refractivity contribution >= 4 is 58.0 Å². The van der Waals surface area contributed by atoms with Crippen molar-refractivity contribution in [2.45, 2.75) is 45.3 Å². The number of halogens is 2. The maximum Gasteiger partial charge on any atom is 0.497 e. The molecule has 0 spiro atoms. The van der Waals surface area contributed by atoms with Crippen LogP contribution >= 0.6 is 11.6 Å². The highest BCUT2D eigenvalue weighted by Gasteiger charge is 2.52. The summed E-state index contributed by atoms with van der Waals surface area (Å²) in [7, 11) is 0.552. The lowest BCUT2D eigenvalue weighted by atomic mass is 9.76. The van der Waals surface area contributed by atoms with Gasteiger partial charge in [-0.25, -0.2) is 4.39 Å². The third-order valence-corrected chi connectivity index (χ3v) is 8.86. The van der Waals surface area contributed by atoms with Crippen molar-refractivity contribution in [2.24, 2.45) is 0 Å². The lowest BCUT2D eigenvalue weighted by Crippen LogP contribution is -2.41. The summed E-state index contributed by atoms with van der Waals surface area (Å²) in [6.45, 7) is 7.69. The lowest BCUT2D eigenvalue weighted by Gasteiger charge is -2.32. The molecule has 3 aromatic carbocycles. The summed E-state index contributed by atoms with van der Waals surface area (Å²) in [5, 5.41) is 3.65. The summed E-state index contributed by atoms with van der Waals surface area (Å²) < 4.78 is 59.2. The molecule has 1 atom stereocenters. The Bertz CT molecular complexity index is 1640. The van der Waals surface area contributed by atoms with Crippen LogP contribution in [0.1, 0.15) is 43.6 Å². The van der Waals surface area contributed by atoms with Gasteiger partial charge < -0.3 is 27.9 Å². The number of carbonyl (C=O) groups excluding carboxylic acids is 1. The first-order valence-corrected chi connectivity index (χ1v) is 14.8. The molecule has 0 aliphatic carbocycles. The zero-order chi connectivity index (χ0) is 30.4. The highest BCUT2D eigenvalue weighted by Crippen LogP contribution is 2.40. The fraction of sp³-hybridized carbons (Fsp3) is 0.300. The lowest BCUT2D eigenvalue weighted by molar-refractivity contribution is 0.00578. The van der Waals surface area contributed by atoms with Crippen LogP contribution in [0.3, 0.4) is 0 Å². The number of nitrogens with zero attached hydrogens (tertiary/aromatic N) is 1. The predicted octanol–water partition coefficient (Wildman–Crippen LogP) is 5.39. The molecular formula is C30H30BClFN2O6S-. The molecule has 2 heterocycles. The summed E-state index contributed by atoms with van der Waals surface area (Å²) in [5.74, 6) is -0.638. The summed E-state index contributed by atoms with van der Waals surface area (Å²) >= 11 is 3.33. The van der Waals surface area contributed by atoms with E-state index in [2.05, 4.69) is 5.32 Å². The van der Waals surface area contributed by atoms with Crippen LogP contribution in [0.5, 0.6) is 0 Å². The van der Waals surface area contributed by atoms with E-state index in [1.54, 1.807) is 24.3 Å². The molecule has 42 heavy (non-hydrogen) atoms. The Balaban J connectivity index is 1.70. The average Bonchev–Trinajstić information content (AvgIpc) is 3.41. The Morgan fingerprint density at radius 1 is 1.05 bits per heavy atom.